The maximum Gasteiger partial charge on any atom is 0.318 e. The van der Waals surface area contributed by atoms with Crippen molar-refractivity contribution in [3.05, 3.63) is 29.8 Å². The summed E-state index contributed by atoms with van der Waals surface area (Å²) in [5.41, 5.74) is 0.111. The zero-order valence-electron chi connectivity index (χ0n) is 11.9. The summed E-state index contributed by atoms with van der Waals surface area (Å²) in [5, 5.41) is 17.8. The molecular formula is C13H14N2O6S2. The third-order valence-corrected chi connectivity index (χ3v) is 7.12. The number of nitrogens with zero attached hydrogens (tertiary/aromatic N) is 2. The average Bonchev–Trinajstić information content (AvgIpc) is 2.84. The molecule has 0 radical (unpaired) electrons. The Balaban J connectivity index is 2.45. The number of carboxylic acid groups (broad SMARTS) is 1. The molecule has 1 atom stereocenters. The highest BCUT2D eigenvalue weighted by Crippen LogP contribution is 2.25. The number of nitriles is 1. The lowest BCUT2D eigenvalue weighted by Crippen LogP contribution is -2.44. The number of sulfonamides is 1. The first-order valence-electron chi connectivity index (χ1n) is 6.60. The first kappa shape index (κ1) is 17.4. The predicted molar refractivity (Wildman–Crippen MR) is 79.7 cm³/mol. The highest BCUT2D eigenvalue weighted by Gasteiger charge is 2.39. The number of rotatable bonds is 5. The molecule has 1 aromatic rings. The van der Waals surface area contributed by atoms with E-state index >= 15 is 0 Å². The van der Waals surface area contributed by atoms with Gasteiger partial charge in [-0.2, -0.15) is 9.57 Å². The van der Waals surface area contributed by atoms with E-state index in [-0.39, 0.29) is 22.6 Å². The Labute approximate surface area is 133 Å². The molecule has 10 heteroatoms. The Morgan fingerprint density at radius 3 is 2.65 bits per heavy atom. The Morgan fingerprint density at radius 1 is 1.43 bits per heavy atom. The van der Waals surface area contributed by atoms with Gasteiger partial charge in [0.25, 0.3) is 0 Å². The molecule has 23 heavy (non-hydrogen) atoms. The standard InChI is InChI=1S/C13H14N2O6S2/c14-7-10-2-1-3-12(6-10)23(20,21)15(8-13(16)17)11-4-5-22(18,19)9-11/h1-3,6,11H,4-5,8-9H2,(H,16,17)/t11-/m1/s1. The Bertz CT molecular complexity index is 870. The van der Waals surface area contributed by atoms with Gasteiger partial charge in [-0.25, -0.2) is 16.8 Å². The molecule has 0 saturated carbocycles. The van der Waals surface area contributed by atoms with Crippen LogP contribution in [0.3, 0.4) is 0 Å². The average molecular weight is 358 g/mol. The first-order valence-corrected chi connectivity index (χ1v) is 9.86. The Hall–Kier alpha value is -1.96. The van der Waals surface area contributed by atoms with E-state index in [1.165, 1.54) is 18.2 Å². The molecule has 0 amide bonds. The van der Waals surface area contributed by atoms with Gasteiger partial charge in [0.2, 0.25) is 10.0 Å². The summed E-state index contributed by atoms with van der Waals surface area (Å²) in [6.07, 6.45) is 0.0484. The van der Waals surface area contributed by atoms with Gasteiger partial charge in [0.1, 0.15) is 6.54 Å². The molecule has 1 heterocycles. The highest BCUT2D eigenvalue weighted by molar-refractivity contribution is 7.92. The van der Waals surface area contributed by atoms with E-state index in [0.29, 0.717) is 4.31 Å². The van der Waals surface area contributed by atoms with E-state index in [2.05, 4.69) is 0 Å². The molecule has 1 N–H and O–H groups in total. The van der Waals surface area contributed by atoms with Gasteiger partial charge in [-0.05, 0) is 24.6 Å². The van der Waals surface area contributed by atoms with Gasteiger partial charge in [0.05, 0.1) is 28.0 Å². The van der Waals surface area contributed by atoms with Crippen LogP contribution in [0.2, 0.25) is 0 Å². The van der Waals surface area contributed by atoms with Gasteiger partial charge in [-0.3, -0.25) is 4.79 Å². The summed E-state index contributed by atoms with van der Waals surface area (Å²) in [6.45, 7) is -0.834. The molecule has 8 nitrogen and oxygen atoms in total. The van der Waals surface area contributed by atoms with Gasteiger partial charge in [-0.15, -0.1) is 0 Å². The van der Waals surface area contributed by atoms with Crippen molar-refractivity contribution >= 4 is 25.8 Å². The minimum absolute atomic E-state index is 0.0484. The quantitative estimate of drug-likeness (QED) is 0.772. The smallest absolute Gasteiger partial charge is 0.318 e. The molecule has 1 aliphatic heterocycles. The number of hydrogen-bond acceptors (Lipinski definition) is 6. The van der Waals surface area contributed by atoms with Crippen LogP contribution in [0, 0.1) is 11.3 Å². The van der Waals surface area contributed by atoms with Gasteiger partial charge < -0.3 is 5.11 Å². The second kappa shape index (κ2) is 6.27. The Kier molecular flexibility index (Phi) is 4.74. The fourth-order valence-electron chi connectivity index (χ4n) is 2.41. The maximum absolute atomic E-state index is 12.7. The van der Waals surface area contributed by atoms with Crippen LogP contribution in [-0.2, 0) is 24.7 Å². The second-order valence-electron chi connectivity index (χ2n) is 5.14. The minimum Gasteiger partial charge on any atom is -0.480 e. The molecule has 0 bridgehead atoms. The number of aliphatic carboxylic acids is 1. The number of carbonyl (C=O) groups is 1. The summed E-state index contributed by atoms with van der Waals surface area (Å²) in [4.78, 5) is 10.8. The van der Waals surface area contributed by atoms with Crippen molar-refractivity contribution < 1.29 is 26.7 Å². The summed E-state index contributed by atoms with van der Waals surface area (Å²) in [7, 11) is -7.61. The monoisotopic (exact) mass is 358 g/mol. The zero-order chi connectivity index (χ0) is 17.3. The summed E-state index contributed by atoms with van der Waals surface area (Å²) < 4.78 is 49.2. The molecule has 1 aliphatic rings. The van der Waals surface area contributed by atoms with Gasteiger partial charge in [0.15, 0.2) is 9.84 Å². The second-order valence-corrected chi connectivity index (χ2v) is 9.26. The third kappa shape index (κ3) is 3.87. The normalized spacial score (nSPS) is 20.3. The number of carboxylic acids is 1. The molecule has 124 valence electrons. The SMILES string of the molecule is N#Cc1cccc(S(=O)(=O)N(CC(=O)O)[C@@H]2CCS(=O)(=O)C2)c1. The van der Waals surface area contributed by atoms with Crippen LogP contribution in [0.5, 0.6) is 0 Å². The minimum atomic E-state index is -4.23. The topological polar surface area (TPSA) is 133 Å². The van der Waals surface area contributed by atoms with Crippen molar-refractivity contribution in [2.24, 2.45) is 0 Å². The maximum atomic E-state index is 12.7. The molecule has 0 spiro atoms. The fourth-order valence-corrected chi connectivity index (χ4v) is 5.88. The third-order valence-electron chi connectivity index (χ3n) is 3.48. The molecule has 1 aromatic carbocycles. The van der Waals surface area contributed by atoms with Gasteiger partial charge in [-0.1, -0.05) is 6.07 Å². The van der Waals surface area contributed by atoms with Crippen LogP contribution in [0.25, 0.3) is 0 Å². The van der Waals surface area contributed by atoms with Crippen LogP contribution in [0.1, 0.15) is 12.0 Å². The van der Waals surface area contributed by atoms with Crippen LogP contribution in [0.4, 0.5) is 0 Å². The van der Waals surface area contributed by atoms with Gasteiger partial charge >= 0.3 is 5.97 Å². The van der Waals surface area contributed by atoms with E-state index in [4.69, 9.17) is 10.4 Å². The lowest BCUT2D eigenvalue weighted by molar-refractivity contribution is -0.137. The van der Waals surface area contributed by atoms with Crippen molar-refractivity contribution in [1.29, 1.82) is 5.26 Å². The molecule has 2 rings (SSSR count). The molecule has 0 aliphatic carbocycles. The van der Waals surface area contributed by atoms with Gasteiger partial charge in [0, 0.05) is 6.04 Å². The number of hydrogen-bond donors (Lipinski definition) is 1. The molecule has 0 aromatic heterocycles. The highest BCUT2D eigenvalue weighted by atomic mass is 32.2. The van der Waals surface area contributed by atoms with Crippen LogP contribution < -0.4 is 0 Å². The lowest BCUT2D eigenvalue weighted by Gasteiger charge is -2.25. The fraction of sp³-hybridized carbons (Fsp3) is 0.385. The summed E-state index contributed by atoms with van der Waals surface area (Å²) in [6, 6.07) is 6.05. The van der Waals surface area contributed by atoms with Crippen molar-refractivity contribution in [3.63, 3.8) is 0 Å². The lowest BCUT2D eigenvalue weighted by atomic mass is 10.2. The van der Waals surface area contributed by atoms with Crippen molar-refractivity contribution in [2.75, 3.05) is 18.1 Å². The molecular weight excluding hydrogens is 344 g/mol. The van der Waals surface area contributed by atoms with Crippen LogP contribution >= 0.6 is 0 Å². The molecule has 1 saturated heterocycles. The molecule has 1 fully saturated rings. The van der Waals surface area contributed by atoms with E-state index in [9.17, 15) is 21.6 Å². The zero-order valence-corrected chi connectivity index (χ0v) is 13.5. The van der Waals surface area contributed by atoms with Crippen molar-refractivity contribution in [2.45, 2.75) is 17.4 Å². The van der Waals surface area contributed by atoms with Crippen molar-refractivity contribution in [1.82, 2.24) is 4.31 Å². The number of sulfone groups is 1. The molecule has 0 unspecified atom stereocenters. The first-order chi connectivity index (χ1) is 10.7. The Morgan fingerprint density at radius 2 is 2.13 bits per heavy atom. The van der Waals surface area contributed by atoms with Crippen LogP contribution in [0.15, 0.2) is 29.2 Å². The summed E-state index contributed by atoms with van der Waals surface area (Å²) in [5.74, 6) is -1.96. The number of benzene rings is 1. The van der Waals surface area contributed by atoms with Crippen molar-refractivity contribution in [3.8, 4) is 6.07 Å². The predicted octanol–water partition coefficient (Wildman–Crippen LogP) is -0.179. The van der Waals surface area contributed by atoms with E-state index < -0.39 is 44.2 Å². The van der Waals surface area contributed by atoms with E-state index in [1.807, 2.05) is 0 Å². The largest absolute Gasteiger partial charge is 0.480 e. The summed E-state index contributed by atoms with van der Waals surface area (Å²) >= 11 is 0. The van der Waals surface area contributed by atoms with E-state index in [0.717, 1.165) is 6.07 Å². The van der Waals surface area contributed by atoms with Crippen LogP contribution in [-0.4, -0.2) is 56.3 Å². The van der Waals surface area contributed by atoms with E-state index in [1.54, 1.807) is 6.07 Å².